The van der Waals surface area contributed by atoms with Gasteiger partial charge in [-0.15, -0.1) is 23.1 Å². The lowest BCUT2D eigenvalue weighted by molar-refractivity contribution is 0.588. The van der Waals surface area contributed by atoms with E-state index < -0.39 is 0 Å². The second-order valence-electron chi connectivity index (χ2n) is 4.96. The van der Waals surface area contributed by atoms with E-state index in [0.717, 1.165) is 23.7 Å². The molecule has 1 aromatic carbocycles. The van der Waals surface area contributed by atoms with Crippen molar-refractivity contribution in [1.82, 2.24) is 10.3 Å². The molecule has 20 heavy (non-hydrogen) atoms. The number of aromatic nitrogens is 1. The molecule has 108 valence electrons. The highest BCUT2D eigenvalue weighted by atomic mass is 32.2. The van der Waals surface area contributed by atoms with Crippen molar-refractivity contribution in [2.45, 2.75) is 38.1 Å². The third-order valence-electron chi connectivity index (χ3n) is 2.90. The fourth-order valence-corrected chi connectivity index (χ4v) is 3.43. The quantitative estimate of drug-likeness (QED) is 0.764. The van der Waals surface area contributed by atoms with Crippen LogP contribution in [0.2, 0.25) is 0 Å². The molecule has 1 heterocycles. The molecule has 2 rings (SSSR count). The molecular formula is C16H22N2S2. The Morgan fingerprint density at radius 3 is 2.65 bits per heavy atom. The maximum atomic E-state index is 4.72. The Kier molecular flexibility index (Phi) is 6.07. The molecule has 2 nitrogen and oxygen atoms in total. The lowest BCUT2D eigenvalue weighted by Crippen LogP contribution is -2.24. The average molecular weight is 306 g/mol. The van der Waals surface area contributed by atoms with E-state index in [1.54, 1.807) is 11.3 Å². The molecule has 0 aliphatic heterocycles. The fraction of sp³-hybridized carbons (Fsp3) is 0.438. The van der Waals surface area contributed by atoms with Crippen LogP contribution >= 0.6 is 23.1 Å². The number of nitrogens with one attached hydrogen (secondary N) is 1. The summed E-state index contributed by atoms with van der Waals surface area (Å²) in [5.74, 6) is 1.11. The molecular weight excluding hydrogens is 284 g/mol. The maximum Gasteiger partial charge on any atom is 0.123 e. The van der Waals surface area contributed by atoms with Crippen LogP contribution in [0.3, 0.4) is 0 Å². The van der Waals surface area contributed by atoms with Crippen molar-refractivity contribution in [2.75, 3.05) is 12.3 Å². The number of nitrogens with zero attached hydrogens (tertiary/aromatic N) is 1. The predicted octanol–water partition coefficient (Wildman–Crippen LogP) is 4.46. The molecule has 0 aliphatic rings. The molecule has 4 heteroatoms. The molecule has 0 aliphatic carbocycles. The summed E-state index contributed by atoms with van der Waals surface area (Å²) in [5.41, 5.74) is 2.41. The van der Waals surface area contributed by atoms with Gasteiger partial charge in [0.15, 0.2) is 0 Å². The van der Waals surface area contributed by atoms with Gasteiger partial charge in [-0.25, -0.2) is 4.98 Å². The minimum atomic E-state index is 0.539. The van der Waals surface area contributed by atoms with E-state index in [-0.39, 0.29) is 0 Å². The summed E-state index contributed by atoms with van der Waals surface area (Å²) in [7, 11) is 0. The Balaban J connectivity index is 1.97. The van der Waals surface area contributed by atoms with Crippen LogP contribution < -0.4 is 5.32 Å². The molecule has 0 unspecified atom stereocenters. The van der Waals surface area contributed by atoms with Gasteiger partial charge in [0.2, 0.25) is 0 Å². The lowest BCUT2D eigenvalue weighted by atomic mass is 10.2. The number of rotatable bonds is 7. The van der Waals surface area contributed by atoms with Crippen LogP contribution in [0.15, 0.2) is 34.5 Å². The van der Waals surface area contributed by atoms with Gasteiger partial charge in [0, 0.05) is 34.8 Å². The fourth-order valence-electron chi connectivity index (χ4n) is 1.90. The van der Waals surface area contributed by atoms with E-state index in [1.165, 1.54) is 16.2 Å². The van der Waals surface area contributed by atoms with Gasteiger partial charge in [0.05, 0.1) is 5.69 Å². The van der Waals surface area contributed by atoms with Gasteiger partial charge in [-0.2, -0.15) is 0 Å². The predicted molar refractivity (Wildman–Crippen MR) is 90.8 cm³/mol. The van der Waals surface area contributed by atoms with E-state index in [4.69, 9.17) is 4.98 Å². The zero-order valence-corrected chi connectivity index (χ0v) is 14.0. The van der Waals surface area contributed by atoms with Gasteiger partial charge in [-0.3, -0.25) is 0 Å². The van der Waals surface area contributed by atoms with Gasteiger partial charge in [-0.05, 0) is 17.9 Å². The van der Waals surface area contributed by atoms with Crippen molar-refractivity contribution in [2.24, 2.45) is 0 Å². The van der Waals surface area contributed by atoms with Crippen LogP contribution in [-0.2, 0) is 6.42 Å². The SMILES string of the molecule is CCSc1ccc(-c2nc(CCNC(C)C)cs2)cc1. The highest BCUT2D eigenvalue weighted by molar-refractivity contribution is 7.99. The summed E-state index contributed by atoms with van der Waals surface area (Å²) < 4.78 is 0. The van der Waals surface area contributed by atoms with Gasteiger partial charge in [0.1, 0.15) is 5.01 Å². The minimum Gasteiger partial charge on any atom is -0.314 e. The molecule has 1 aromatic heterocycles. The second-order valence-corrected chi connectivity index (χ2v) is 7.16. The first kappa shape index (κ1) is 15.5. The first-order chi connectivity index (χ1) is 9.69. The molecule has 0 saturated heterocycles. The highest BCUT2D eigenvalue weighted by Gasteiger charge is 2.05. The standard InChI is InChI=1S/C16H22N2S2/c1-4-19-15-7-5-13(6-8-15)16-18-14(11-20-16)9-10-17-12(2)3/h5-8,11-12,17H,4,9-10H2,1-3H3. The summed E-state index contributed by atoms with van der Waals surface area (Å²) in [5, 5.41) is 6.72. The third-order valence-corrected chi connectivity index (χ3v) is 4.73. The number of hydrogen-bond donors (Lipinski definition) is 1. The molecule has 0 atom stereocenters. The van der Waals surface area contributed by atoms with Gasteiger partial charge in [-0.1, -0.05) is 32.9 Å². The molecule has 0 amide bonds. The van der Waals surface area contributed by atoms with Crippen LogP contribution in [0.5, 0.6) is 0 Å². The number of thiazole rings is 1. The zero-order valence-electron chi connectivity index (χ0n) is 12.3. The van der Waals surface area contributed by atoms with Crippen LogP contribution in [0, 0.1) is 0 Å². The van der Waals surface area contributed by atoms with Crippen LogP contribution in [0.4, 0.5) is 0 Å². The van der Waals surface area contributed by atoms with E-state index in [2.05, 4.69) is 55.7 Å². The first-order valence-electron chi connectivity index (χ1n) is 7.10. The molecule has 1 N–H and O–H groups in total. The van der Waals surface area contributed by atoms with Gasteiger partial charge in [0.25, 0.3) is 0 Å². The summed E-state index contributed by atoms with van der Waals surface area (Å²) in [4.78, 5) is 6.05. The van der Waals surface area contributed by atoms with Crippen molar-refractivity contribution < 1.29 is 0 Å². The first-order valence-corrected chi connectivity index (χ1v) is 8.96. The number of thioether (sulfide) groups is 1. The van der Waals surface area contributed by atoms with E-state index in [1.807, 2.05) is 11.8 Å². The Morgan fingerprint density at radius 1 is 1.25 bits per heavy atom. The molecule has 2 aromatic rings. The third kappa shape index (κ3) is 4.62. The smallest absolute Gasteiger partial charge is 0.123 e. The summed E-state index contributed by atoms with van der Waals surface area (Å²) >= 11 is 3.61. The largest absolute Gasteiger partial charge is 0.314 e. The van der Waals surface area contributed by atoms with Crippen LogP contribution in [-0.4, -0.2) is 23.3 Å². The normalized spacial score (nSPS) is 11.2. The minimum absolute atomic E-state index is 0.539. The summed E-state index contributed by atoms with van der Waals surface area (Å²) in [6.45, 7) is 7.51. The molecule has 0 spiro atoms. The van der Waals surface area contributed by atoms with Crippen molar-refractivity contribution >= 4 is 23.1 Å². The van der Waals surface area contributed by atoms with Crippen molar-refractivity contribution in [3.8, 4) is 10.6 Å². The Hall–Kier alpha value is -0.840. The Morgan fingerprint density at radius 2 is 2.00 bits per heavy atom. The molecule has 0 fully saturated rings. The topological polar surface area (TPSA) is 24.9 Å². The van der Waals surface area contributed by atoms with E-state index in [9.17, 15) is 0 Å². The number of benzene rings is 1. The molecule has 0 saturated carbocycles. The summed E-state index contributed by atoms with van der Waals surface area (Å²) in [6, 6.07) is 9.26. The van der Waals surface area contributed by atoms with Crippen molar-refractivity contribution in [3.05, 3.63) is 35.3 Å². The Labute approximate surface area is 130 Å². The molecule has 0 radical (unpaired) electrons. The van der Waals surface area contributed by atoms with Crippen molar-refractivity contribution in [3.63, 3.8) is 0 Å². The zero-order chi connectivity index (χ0) is 14.4. The lowest BCUT2D eigenvalue weighted by Gasteiger charge is -2.05. The Bertz CT molecular complexity index is 518. The van der Waals surface area contributed by atoms with Crippen LogP contribution in [0.1, 0.15) is 26.5 Å². The maximum absolute atomic E-state index is 4.72. The van der Waals surface area contributed by atoms with Gasteiger partial charge >= 0.3 is 0 Å². The van der Waals surface area contributed by atoms with Crippen molar-refractivity contribution in [1.29, 1.82) is 0 Å². The highest BCUT2D eigenvalue weighted by Crippen LogP contribution is 2.26. The number of hydrogen-bond acceptors (Lipinski definition) is 4. The van der Waals surface area contributed by atoms with Crippen LogP contribution in [0.25, 0.3) is 10.6 Å². The molecule has 0 bridgehead atoms. The monoisotopic (exact) mass is 306 g/mol. The van der Waals surface area contributed by atoms with E-state index in [0.29, 0.717) is 6.04 Å². The average Bonchev–Trinajstić information content (AvgIpc) is 2.88. The second kappa shape index (κ2) is 7.81. The summed E-state index contributed by atoms with van der Waals surface area (Å²) in [6.07, 6.45) is 0.998. The van der Waals surface area contributed by atoms with E-state index >= 15 is 0 Å². The van der Waals surface area contributed by atoms with Gasteiger partial charge < -0.3 is 5.32 Å².